The molecular weight excluding hydrogens is 238 g/mol. The Bertz CT molecular complexity index is 642. The molecule has 1 aromatic carbocycles. The van der Waals surface area contributed by atoms with Crippen LogP contribution in [-0.2, 0) is 9.84 Å². The van der Waals surface area contributed by atoms with Crippen molar-refractivity contribution in [3.63, 3.8) is 0 Å². The Kier molecular flexibility index (Phi) is 2.66. The highest BCUT2D eigenvalue weighted by atomic mass is 32.2. The number of hydrogen-bond donors (Lipinski definition) is 1. The Labute approximate surface area is 99.8 Å². The zero-order chi connectivity index (χ0) is 12.6. The lowest BCUT2D eigenvalue weighted by Crippen LogP contribution is -2.03. The summed E-state index contributed by atoms with van der Waals surface area (Å²) in [7, 11) is -3.17. The van der Waals surface area contributed by atoms with Crippen LogP contribution in [0.15, 0.2) is 35.2 Å². The van der Waals surface area contributed by atoms with Crippen molar-refractivity contribution < 1.29 is 8.42 Å². The third kappa shape index (κ3) is 2.31. The highest BCUT2D eigenvalue weighted by Crippen LogP contribution is 2.16. The molecule has 2 aromatic rings. The predicted octanol–water partition coefficient (Wildman–Crippen LogP) is 1.17. The number of hydrogen-bond acceptors (Lipinski definition) is 4. The molecule has 0 atom stereocenters. The van der Waals surface area contributed by atoms with Crippen LogP contribution in [0.4, 0.5) is 5.82 Å². The molecule has 0 aliphatic carbocycles. The summed E-state index contributed by atoms with van der Waals surface area (Å²) in [6, 6.07) is 8.20. The number of rotatable bonds is 2. The van der Waals surface area contributed by atoms with E-state index in [9.17, 15) is 8.42 Å². The van der Waals surface area contributed by atoms with E-state index in [1.807, 2.05) is 6.92 Å². The van der Waals surface area contributed by atoms with Crippen molar-refractivity contribution in [1.29, 1.82) is 0 Å². The summed E-state index contributed by atoms with van der Waals surface area (Å²) in [6.45, 7) is 1.84. The number of aromatic nitrogens is 2. The van der Waals surface area contributed by atoms with Crippen LogP contribution in [0, 0.1) is 6.92 Å². The molecule has 0 saturated carbocycles. The quantitative estimate of drug-likeness (QED) is 0.869. The van der Waals surface area contributed by atoms with Gasteiger partial charge in [0.25, 0.3) is 0 Å². The highest BCUT2D eigenvalue weighted by molar-refractivity contribution is 7.90. The molecule has 17 heavy (non-hydrogen) atoms. The van der Waals surface area contributed by atoms with Gasteiger partial charge >= 0.3 is 0 Å². The number of benzene rings is 1. The molecule has 90 valence electrons. The van der Waals surface area contributed by atoms with Crippen LogP contribution in [0.1, 0.15) is 5.69 Å². The van der Waals surface area contributed by atoms with Gasteiger partial charge < -0.3 is 5.73 Å². The molecule has 0 fully saturated rings. The van der Waals surface area contributed by atoms with Crippen molar-refractivity contribution in [2.24, 2.45) is 0 Å². The van der Waals surface area contributed by atoms with Crippen LogP contribution < -0.4 is 5.73 Å². The van der Waals surface area contributed by atoms with E-state index in [2.05, 4.69) is 5.10 Å². The van der Waals surface area contributed by atoms with E-state index < -0.39 is 9.84 Å². The number of nitrogens with two attached hydrogens (primary N) is 1. The van der Waals surface area contributed by atoms with Crippen LogP contribution in [0.5, 0.6) is 0 Å². The summed E-state index contributed by atoms with van der Waals surface area (Å²) >= 11 is 0. The fourth-order valence-corrected chi connectivity index (χ4v) is 2.19. The first kappa shape index (κ1) is 11.7. The highest BCUT2D eigenvalue weighted by Gasteiger charge is 2.08. The lowest BCUT2D eigenvalue weighted by Gasteiger charge is -2.04. The van der Waals surface area contributed by atoms with Gasteiger partial charge in [0.1, 0.15) is 5.82 Å². The molecule has 1 aromatic heterocycles. The molecule has 0 bridgehead atoms. The van der Waals surface area contributed by atoms with Gasteiger partial charge in [-0.05, 0) is 31.2 Å². The third-order valence-electron chi connectivity index (χ3n) is 2.37. The minimum Gasteiger partial charge on any atom is -0.384 e. The van der Waals surface area contributed by atoms with Gasteiger partial charge in [0.15, 0.2) is 9.84 Å². The Hall–Kier alpha value is -1.82. The van der Waals surface area contributed by atoms with Crippen LogP contribution >= 0.6 is 0 Å². The molecule has 0 amide bonds. The normalized spacial score (nSPS) is 11.6. The Morgan fingerprint density at radius 1 is 1.24 bits per heavy atom. The van der Waals surface area contributed by atoms with Gasteiger partial charge in [-0.25, -0.2) is 13.1 Å². The van der Waals surface area contributed by atoms with Crippen LogP contribution in [0.3, 0.4) is 0 Å². The molecule has 0 spiro atoms. The summed E-state index contributed by atoms with van der Waals surface area (Å²) in [5.41, 5.74) is 7.33. The van der Waals surface area contributed by atoms with E-state index in [0.29, 0.717) is 5.82 Å². The first-order chi connectivity index (χ1) is 7.88. The van der Waals surface area contributed by atoms with E-state index in [4.69, 9.17) is 5.73 Å². The van der Waals surface area contributed by atoms with Crippen molar-refractivity contribution >= 4 is 15.7 Å². The maximum Gasteiger partial charge on any atom is 0.175 e. The average molecular weight is 251 g/mol. The number of anilines is 1. The van der Waals surface area contributed by atoms with Crippen molar-refractivity contribution in [2.45, 2.75) is 11.8 Å². The van der Waals surface area contributed by atoms with Crippen LogP contribution in [0.25, 0.3) is 5.69 Å². The SMILES string of the molecule is Cc1cc(N)n(-c2ccc(S(C)(=O)=O)cc2)n1. The fourth-order valence-electron chi connectivity index (χ4n) is 1.56. The molecule has 5 nitrogen and oxygen atoms in total. The van der Waals surface area contributed by atoms with E-state index in [1.54, 1.807) is 35.0 Å². The van der Waals surface area contributed by atoms with Gasteiger partial charge in [-0.1, -0.05) is 0 Å². The van der Waals surface area contributed by atoms with Gasteiger partial charge in [-0.3, -0.25) is 0 Å². The zero-order valence-corrected chi connectivity index (χ0v) is 10.4. The minimum atomic E-state index is -3.17. The van der Waals surface area contributed by atoms with Gasteiger partial charge in [-0.15, -0.1) is 0 Å². The smallest absolute Gasteiger partial charge is 0.175 e. The molecule has 2 N–H and O–H groups in total. The average Bonchev–Trinajstić information content (AvgIpc) is 2.57. The number of aryl methyl sites for hydroxylation is 1. The fraction of sp³-hybridized carbons (Fsp3) is 0.182. The number of sulfone groups is 1. The Morgan fingerprint density at radius 3 is 2.24 bits per heavy atom. The van der Waals surface area contributed by atoms with E-state index in [0.717, 1.165) is 11.4 Å². The second kappa shape index (κ2) is 3.89. The first-order valence-corrected chi connectivity index (χ1v) is 6.90. The predicted molar refractivity (Wildman–Crippen MR) is 65.8 cm³/mol. The standard InChI is InChI=1S/C11H13N3O2S/c1-8-7-11(12)14(13-8)9-3-5-10(6-4-9)17(2,15)16/h3-7H,12H2,1-2H3. The van der Waals surface area contributed by atoms with E-state index in [-0.39, 0.29) is 4.90 Å². The first-order valence-electron chi connectivity index (χ1n) is 5.00. The van der Waals surface area contributed by atoms with Crippen molar-refractivity contribution in [3.05, 3.63) is 36.0 Å². The molecule has 0 unspecified atom stereocenters. The van der Waals surface area contributed by atoms with Gasteiger partial charge in [0.2, 0.25) is 0 Å². The summed E-state index contributed by atoms with van der Waals surface area (Å²) < 4.78 is 24.2. The topological polar surface area (TPSA) is 78.0 Å². The third-order valence-corrected chi connectivity index (χ3v) is 3.50. The molecule has 0 aliphatic heterocycles. The largest absolute Gasteiger partial charge is 0.384 e. The molecular formula is C11H13N3O2S. The van der Waals surface area contributed by atoms with Gasteiger partial charge in [-0.2, -0.15) is 5.10 Å². The molecule has 2 rings (SSSR count). The molecule has 6 heteroatoms. The lowest BCUT2D eigenvalue weighted by molar-refractivity contribution is 0.602. The van der Waals surface area contributed by atoms with E-state index >= 15 is 0 Å². The maximum atomic E-state index is 11.3. The van der Waals surface area contributed by atoms with Crippen LogP contribution in [0.2, 0.25) is 0 Å². The van der Waals surface area contributed by atoms with Crippen molar-refractivity contribution in [3.8, 4) is 5.69 Å². The van der Waals surface area contributed by atoms with E-state index in [1.165, 1.54) is 6.26 Å². The molecule has 0 radical (unpaired) electrons. The van der Waals surface area contributed by atoms with Crippen LogP contribution in [-0.4, -0.2) is 24.5 Å². The van der Waals surface area contributed by atoms with Gasteiger partial charge in [0.05, 0.1) is 16.3 Å². The summed E-state index contributed by atoms with van der Waals surface area (Å²) in [6.07, 6.45) is 1.18. The monoisotopic (exact) mass is 251 g/mol. The van der Waals surface area contributed by atoms with Crippen molar-refractivity contribution in [2.75, 3.05) is 12.0 Å². The minimum absolute atomic E-state index is 0.281. The molecule has 0 saturated heterocycles. The Balaban J connectivity index is 2.46. The maximum absolute atomic E-state index is 11.3. The summed E-state index contributed by atoms with van der Waals surface area (Å²) in [5, 5.41) is 4.21. The second-order valence-corrected chi connectivity index (χ2v) is 5.90. The zero-order valence-electron chi connectivity index (χ0n) is 9.58. The Morgan fingerprint density at radius 2 is 1.82 bits per heavy atom. The van der Waals surface area contributed by atoms with Crippen molar-refractivity contribution in [1.82, 2.24) is 9.78 Å². The second-order valence-electron chi connectivity index (χ2n) is 3.89. The van der Waals surface area contributed by atoms with Gasteiger partial charge in [0, 0.05) is 12.3 Å². The number of nitrogens with zero attached hydrogens (tertiary/aromatic N) is 2. The summed E-state index contributed by atoms with van der Waals surface area (Å²) in [4.78, 5) is 0.281. The number of nitrogen functional groups attached to an aromatic ring is 1. The summed E-state index contributed by atoms with van der Waals surface area (Å²) in [5.74, 6) is 0.523. The molecule has 1 heterocycles. The molecule has 0 aliphatic rings. The lowest BCUT2D eigenvalue weighted by atomic mass is 10.3.